The van der Waals surface area contributed by atoms with Crippen molar-refractivity contribution in [2.24, 2.45) is 0 Å². The van der Waals surface area contributed by atoms with Gasteiger partial charge >= 0.3 is 0 Å². The fourth-order valence-electron chi connectivity index (χ4n) is 2.27. The Kier molecular flexibility index (Phi) is 3.66. The Morgan fingerprint density at radius 3 is 2.95 bits per heavy atom. The van der Waals surface area contributed by atoms with Crippen LogP contribution in [0.25, 0.3) is 0 Å². The quantitative estimate of drug-likeness (QED) is 0.636. The molecular weight excluding hydrogens is 294 g/mol. The largest absolute Gasteiger partial charge is 0.493 e. The van der Waals surface area contributed by atoms with Gasteiger partial charge in [0.05, 0.1) is 35.1 Å². The van der Waals surface area contributed by atoms with Crippen molar-refractivity contribution in [3.05, 3.63) is 63.2 Å². The minimum Gasteiger partial charge on any atom is -0.493 e. The van der Waals surface area contributed by atoms with Gasteiger partial charge in [-0.1, -0.05) is 29.8 Å². The third-order valence-electron chi connectivity index (χ3n) is 3.36. The number of hydrogen-bond donors (Lipinski definition) is 0. The van der Waals surface area contributed by atoms with E-state index in [1.54, 1.807) is 0 Å². The number of halogens is 1. The van der Waals surface area contributed by atoms with Crippen LogP contribution in [0.4, 0.5) is 5.69 Å². The first-order chi connectivity index (χ1) is 10.1. The van der Waals surface area contributed by atoms with Crippen LogP contribution in [-0.2, 0) is 0 Å². The number of nitro groups is 1. The van der Waals surface area contributed by atoms with Gasteiger partial charge < -0.3 is 9.47 Å². The summed E-state index contributed by atoms with van der Waals surface area (Å²) in [5.74, 6) is 1.27. The summed E-state index contributed by atoms with van der Waals surface area (Å²) >= 11 is 6.01. The SMILES string of the molecule is O=[N+]([O-])c1ccc(Cl)c(OCC2COc3ccccc32)c1. The molecular formula is C15H12ClNO4. The molecule has 0 saturated carbocycles. The predicted molar refractivity (Wildman–Crippen MR) is 78.3 cm³/mol. The third-order valence-corrected chi connectivity index (χ3v) is 3.68. The summed E-state index contributed by atoms with van der Waals surface area (Å²) in [6.07, 6.45) is 0. The van der Waals surface area contributed by atoms with E-state index in [-0.39, 0.29) is 11.6 Å². The average Bonchev–Trinajstić information content (AvgIpc) is 2.89. The number of benzene rings is 2. The minimum atomic E-state index is -0.475. The fourth-order valence-corrected chi connectivity index (χ4v) is 2.45. The number of nitro benzene ring substituents is 1. The van der Waals surface area contributed by atoms with Crippen LogP contribution in [0.1, 0.15) is 11.5 Å². The molecule has 0 spiro atoms. The zero-order chi connectivity index (χ0) is 14.8. The molecule has 0 bridgehead atoms. The number of fused-ring (bicyclic) bond motifs is 1. The second-order valence-electron chi connectivity index (χ2n) is 4.73. The number of ether oxygens (including phenoxy) is 2. The number of para-hydroxylation sites is 1. The molecule has 0 aliphatic carbocycles. The van der Waals surface area contributed by atoms with E-state index < -0.39 is 4.92 Å². The van der Waals surface area contributed by atoms with Gasteiger partial charge in [0.25, 0.3) is 5.69 Å². The minimum absolute atomic E-state index is 0.0440. The Hall–Kier alpha value is -2.27. The monoisotopic (exact) mass is 305 g/mol. The molecule has 0 N–H and O–H groups in total. The molecule has 1 atom stereocenters. The zero-order valence-electron chi connectivity index (χ0n) is 11.0. The first kappa shape index (κ1) is 13.7. The summed E-state index contributed by atoms with van der Waals surface area (Å²) in [5.41, 5.74) is 1.04. The Labute approximate surface area is 126 Å². The normalized spacial score (nSPS) is 16.1. The van der Waals surface area contributed by atoms with Gasteiger partial charge in [0.15, 0.2) is 0 Å². The lowest BCUT2D eigenvalue weighted by molar-refractivity contribution is -0.384. The predicted octanol–water partition coefficient (Wildman–Crippen LogP) is 3.80. The molecule has 0 fully saturated rings. The smallest absolute Gasteiger partial charge is 0.273 e. The number of nitrogens with zero attached hydrogens (tertiary/aromatic N) is 1. The highest BCUT2D eigenvalue weighted by atomic mass is 35.5. The third kappa shape index (κ3) is 2.78. The van der Waals surface area contributed by atoms with E-state index >= 15 is 0 Å². The summed E-state index contributed by atoms with van der Waals surface area (Å²) in [4.78, 5) is 10.3. The second kappa shape index (κ2) is 5.61. The molecule has 21 heavy (non-hydrogen) atoms. The number of rotatable bonds is 4. The molecule has 2 aromatic rings. The van der Waals surface area contributed by atoms with Crippen LogP contribution in [0.3, 0.4) is 0 Å². The molecule has 1 heterocycles. The van der Waals surface area contributed by atoms with Crippen LogP contribution in [0, 0.1) is 10.1 Å². The molecule has 5 nitrogen and oxygen atoms in total. The summed E-state index contributed by atoms with van der Waals surface area (Å²) in [5, 5.41) is 11.1. The first-order valence-corrected chi connectivity index (χ1v) is 6.81. The molecule has 0 amide bonds. The van der Waals surface area contributed by atoms with Crippen LogP contribution in [0.5, 0.6) is 11.5 Å². The summed E-state index contributed by atoms with van der Waals surface area (Å²) < 4.78 is 11.2. The lowest BCUT2D eigenvalue weighted by Gasteiger charge is -2.12. The van der Waals surface area contributed by atoms with Crippen molar-refractivity contribution in [2.45, 2.75) is 5.92 Å². The van der Waals surface area contributed by atoms with Crippen LogP contribution in [0.15, 0.2) is 42.5 Å². The molecule has 1 unspecified atom stereocenters. The van der Waals surface area contributed by atoms with Crippen molar-refractivity contribution in [3.8, 4) is 11.5 Å². The molecule has 0 radical (unpaired) electrons. The lowest BCUT2D eigenvalue weighted by Crippen LogP contribution is -2.12. The van der Waals surface area contributed by atoms with Crippen molar-refractivity contribution in [1.29, 1.82) is 0 Å². The Bertz CT molecular complexity index is 689. The van der Waals surface area contributed by atoms with Crippen molar-refractivity contribution in [1.82, 2.24) is 0 Å². The van der Waals surface area contributed by atoms with Gasteiger partial charge in [0.1, 0.15) is 11.5 Å². The maximum atomic E-state index is 10.8. The van der Waals surface area contributed by atoms with E-state index in [0.717, 1.165) is 11.3 Å². The highest BCUT2D eigenvalue weighted by Crippen LogP contribution is 2.35. The van der Waals surface area contributed by atoms with Crippen LogP contribution >= 0.6 is 11.6 Å². The molecule has 108 valence electrons. The van der Waals surface area contributed by atoms with E-state index in [9.17, 15) is 10.1 Å². The van der Waals surface area contributed by atoms with E-state index in [4.69, 9.17) is 21.1 Å². The highest BCUT2D eigenvalue weighted by Gasteiger charge is 2.24. The first-order valence-electron chi connectivity index (χ1n) is 6.43. The van der Waals surface area contributed by atoms with Crippen molar-refractivity contribution < 1.29 is 14.4 Å². The van der Waals surface area contributed by atoms with Crippen molar-refractivity contribution in [3.63, 3.8) is 0 Å². The van der Waals surface area contributed by atoms with E-state index in [1.807, 2.05) is 24.3 Å². The number of hydrogen-bond acceptors (Lipinski definition) is 4. The van der Waals surface area contributed by atoms with Crippen molar-refractivity contribution in [2.75, 3.05) is 13.2 Å². The Morgan fingerprint density at radius 2 is 2.14 bits per heavy atom. The van der Waals surface area contributed by atoms with Gasteiger partial charge in [-0.05, 0) is 12.1 Å². The van der Waals surface area contributed by atoms with Gasteiger partial charge in [0.2, 0.25) is 0 Å². The van der Waals surface area contributed by atoms with Crippen LogP contribution < -0.4 is 9.47 Å². The fraction of sp³-hybridized carbons (Fsp3) is 0.200. The molecule has 3 rings (SSSR count). The molecule has 0 saturated heterocycles. The maximum absolute atomic E-state index is 10.8. The molecule has 1 aliphatic rings. The van der Waals surface area contributed by atoms with E-state index in [1.165, 1.54) is 18.2 Å². The Balaban J connectivity index is 1.74. The van der Waals surface area contributed by atoms with Crippen LogP contribution in [-0.4, -0.2) is 18.1 Å². The molecule has 6 heteroatoms. The topological polar surface area (TPSA) is 61.6 Å². The number of non-ortho nitro benzene ring substituents is 1. The lowest BCUT2D eigenvalue weighted by atomic mass is 10.0. The van der Waals surface area contributed by atoms with Gasteiger partial charge in [-0.2, -0.15) is 0 Å². The van der Waals surface area contributed by atoms with E-state index in [2.05, 4.69) is 0 Å². The Morgan fingerprint density at radius 1 is 1.33 bits per heavy atom. The second-order valence-corrected chi connectivity index (χ2v) is 5.14. The summed E-state index contributed by atoms with van der Waals surface area (Å²) in [7, 11) is 0. The highest BCUT2D eigenvalue weighted by molar-refractivity contribution is 6.32. The average molecular weight is 306 g/mol. The molecule has 0 aromatic heterocycles. The summed E-state index contributed by atoms with van der Waals surface area (Å²) in [6.45, 7) is 0.893. The maximum Gasteiger partial charge on any atom is 0.273 e. The van der Waals surface area contributed by atoms with E-state index in [0.29, 0.717) is 24.0 Å². The van der Waals surface area contributed by atoms with Gasteiger partial charge in [-0.3, -0.25) is 10.1 Å². The van der Waals surface area contributed by atoms with Gasteiger partial charge in [-0.15, -0.1) is 0 Å². The van der Waals surface area contributed by atoms with Crippen molar-refractivity contribution >= 4 is 17.3 Å². The molecule has 2 aromatic carbocycles. The molecule has 1 aliphatic heterocycles. The van der Waals surface area contributed by atoms with Gasteiger partial charge in [0, 0.05) is 11.6 Å². The van der Waals surface area contributed by atoms with Crippen LogP contribution in [0.2, 0.25) is 5.02 Å². The van der Waals surface area contributed by atoms with Gasteiger partial charge in [-0.25, -0.2) is 0 Å². The standard InChI is InChI=1S/C15H12ClNO4/c16-13-6-5-11(17(18)19)7-15(13)21-9-10-8-20-14-4-2-1-3-12(10)14/h1-7,10H,8-9H2. The summed E-state index contributed by atoms with van der Waals surface area (Å²) in [6, 6.07) is 11.9. The zero-order valence-corrected chi connectivity index (χ0v) is 11.7.